The molecule has 0 heterocycles. The molecule has 23 heavy (non-hydrogen) atoms. The molecule has 0 aliphatic heterocycles. The van der Waals surface area contributed by atoms with E-state index in [-0.39, 0.29) is 17.4 Å². The molecule has 1 aromatic carbocycles. The third-order valence-corrected chi connectivity index (χ3v) is 5.09. The lowest BCUT2D eigenvalue weighted by atomic mass is 9.64. The van der Waals surface area contributed by atoms with Crippen molar-refractivity contribution in [2.75, 3.05) is 0 Å². The molecule has 2 fully saturated rings. The topological polar surface area (TPSA) is 23.8 Å². The average molecular weight is 318 g/mol. The zero-order valence-electron chi connectivity index (χ0n) is 16.2. The predicted molar refractivity (Wildman–Crippen MR) is 86.8 cm³/mol. The van der Waals surface area contributed by atoms with Gasteiger partial charge in [-0.15, -0.1) is 0 Å². The molecule has 0 spiro atoms. The van der Waals surface area contributed by atoms with Gasteiger partial charge in [-0.25, -0.2) is 8.78 Å². The van der Waals surface area contributed by atoms with Crippen molar-refractivity contribution >= 4 is 0 Å². The summed E-state index contributed by atoms with van der Waals surface area (Å²) in [6, 6.07) is 3.57. The van der Waals surface area contributed by atoms with Crippen molar-refractivity contribution in [1.29, 1.82) is 5.26 Å². The highest BCUT2D eigenvalue weighted by Gasteiger charge is 2.35. The van der Waals surface area contributed by atoms with Gasteiger partial charge in [-0.05, 0) is 86.7 Å². The van der Waals surface area contributed by atoms with Crippen molar-refractivity contribution in [2.45, 2.75) is 51.3 Å². The van der Waals surface area contributed by atoms with Gasteiger partial charge < -0.3 is 0 Å². The van der Waals surface area contributed by atoms with Gasteiger partial charge in [0.05, 0.1) is 0 Å². The van der Waals surface area contributed by atoms with Crippen LogP contribution in [0.3, 0.4) is 0 Å². The molecule has 1 aromatic rings. The van der Waals surface area contributed by atoms with Gasteiger partial charge in [-0.2, -0.15) is 5.26 Å². The molecule has 0 N–H and O–H groups in total. The molecule has 3 heteroatoms. The van der Waals surface area contributed by atoms with E-state index in [4.69, 9.17) is 9.37 Å². The zero-order chi connectivity index (χ0) is 19.1. The highest BCUT2D eigenvalue weighted by atomic mass is 19.1. The molecule has 5 atom stereocenters. The summed E-state index contributed by atoms with van der Waals surface area (Å²) in [5.41, 5.74) is -0.505. The van der Waals surface area contributed by atoms with Crippen LogP contribution in [0.5, 0.6) is 0 Å². The Morgan fingerprint density at radius 3 is 2.61 bits per heavy atom. The molecule has 2 aliphatic rings. The Balaban J connectivity index is 1.94. The van der Waals surface area contributed by atoms with Crippen molar-refractivity contribution in [3.8, 4) is 6.07 Å². The molecule has 5 unspecified atom stereocenters. The summed E-state index contributed by atoms with van der Waals surface area (Å²) in [5.74, 6) is -2.53. The van der Waals surface area contributed by atoms with Gasteiger partial charge in [-0.1, -0.05) is 12.2 Å². The van der Waals surface area contributed by atoms with Crippen LogP contribution in [0, 0.1) is 40.7 Å². The zero-order valence-corrected chi connectivity index (χ0v) is 13.2. The smallest absolute Gasteiger partial charge is 0.144 e. The SMILES string of the molecule is [2H]C1CC2CC(/C=C/C)CCC2C([2H])([2H])C1c1cc(F)c(C#N)c(F)c1. The summed E-state index contributed by atoms with van der Waals surface area (Å²) in [4.78, 5) is 0. The Morgan fingerprint density at radius 2 is 1.96 bits per heavy atom. The van der Waals surface area contributed by atoms with E-state index >= 15 is 0 Å². The first kappa shape index (κ1) is 12.7. The van der Waals surface area contributed by atoms with Crippen molar-refractivity contribution in [3.05, 3.63) is 47.0 Å². The first-order valence-corrected chi connectivity index (χ1v) is 8.23. The Hall–Kier alpha value is -1.69. The minimum absolute atomic E-state index is 0.117. The van der Waals surface area contributed by atoms with Gasteiger partial charge in [0.2, 0.25) is 0 Å². The van der Waals surface area contributed by atoms with E-state index < -0.39 is 35.9 Å². The monoisotopic (exact) mass is 318 g/mol. The summed E-state index contributed by atoms with van der Waals surface area (Å²) < 4.78 is 54.0. The molecule has 2 saturated carbocycles. The van der Waals surface area contributed by atoms with Crippen LogP contribution in [0.2, 0.25) is 0 Å². The van der Waals surface area contributed by atoms with Gasteiger partial charge in [0.25, 0.3) is 0 Å². The molecule has 0 amide bonds. The van der Waals surface area contributed by atoms with Crippen molar-refractivity contribution in [2.24, 2.45) is 17.8 Å². The second-order valence-corrected chi connectivity index (χ2v) is 6.55. The van der Waals surface area contributed by atoms with Gasteiger partial charge in [-0.3, -0.25) is 0 Å². The second-order valence-electron chi connectivity index (χ2n) is 6.55. The van der Waals surface area contributed by atoms with Crippen LogP contribution >= 0.6 is 0 Å². The van der Waals surface area contributed by atoms with Gasteiger partial charge in [0.15, 0.2) is 0 Å². The number of nitriles is 1. The maximum absolute atomic E-state index is 14.1. The number of fused-ring (bicyclic) bond motifs is 1. The summed E-state index contributed by atoms with van der Waals surface area (Å²) in [6.07, 6.45) is 4.73. The summed E-state index contributed by atoms with van der Waals surface area (Å²) in [5, 5.41) is 8.83. The lowest BCUT2D eigenvalue weighted by molar-refractivity contribution is 0.133. The minimum Gasteiger partial charge on any atom is -0.205 e. The van der Waals surface area contributed by atoms with Crippen molar-refractivity contribution in [1.82, 2.24) is 0 Å². The minimum atomic E-state index is -1.71. The first-order valence-electron chi connectivity index (χ1n) is 9.81. The maximum Gasteiger partial charge on any atom is 0.144 e. The summed E-state index contributed by atoms with van der Waals surface area (Å²) >= 11 is 0. The summed E-state index contributed by atoms with van der Waals surface area (Å²) in [7, 11) is 0. The van der Waals surface area contributed by atoms with E-state index in [1.807, 2.05) is 13.0 Å². The number of hydrogen-bond donors (Lipinski definition) is 0. The van der Waals surface area contributed by atoms with E-state index in [0.717, 1.165) is 31.4 Å². The standard InChI is InChI=1S/C20H23F2N/c1-2-3-13-4-5-15-9-16(7-6-14(15)8-13)17-10-19(21)18(12-23)20(22)11-17/h2-3,10-11,13-16H,4-9H2,1H3/b3-2+/i7D,9D2. The molecule has 1 nitrogen and oxygen atoms in total. The van der Waals surface area contributed by atoms with E-state index in [2.05, 4.69) is 6.08 Å². The Kier molecular flexibility index (Phi) is 3.77. The normalized spacial score (nSPS) is 38.2. The first-order chi connectivity index (χ1) is 12.3. The molecule has 0 aromatic heterocycles. The number of allylic oxidation sites excluding steroid dienone is 2. The Morgan fingerprint density at radius 1 is 1.22 bits per heavy atom. The van der Waals surface area contributed by atoms with Crippen LogP contribution in [-0.4, -0.2) is 0 Å². The van der Waals surface area contributed by atoms with E-state index in [1.54, 1.807) is 0 Å². The molecular formula is C20H23F2N. The lowest BCUT2D eigenvalue weighted by Crippen LogP contribution is -2.30. The van der Waals surface area contributed by atoms with Crippen LogP contribution in [0.25, 0.3) is 0 Å². The Bertz CT molecular complexity index is 733. The molecule has 3 rings (SSSR count). The predicted octanol–water partition coefficient (Wildman–Crippen LogP) is 5.71. The van der Waals surface area contributed by atoms with Gasteiger partial charge >= 0.3 is 0 Å². The fourth-order valence-electron chi connectivity index (χ4n) is 3.95. The Labute approximate surface area is 141 Å². The molecule has 0 saturated heterocycles. The fourth-order valence-corrected chi connectivity index (χ4v) is 3.95. The maximum atomic E-state index is 14.1. The molecule has 0 radical (unpaired) electrons. The number of hydrogen-bond acceptors (Lipinski definition) is 1. The average Bonchev–Trinajstić information content (AvgIpc) is 2.54. The van der Waals surface area contributed by atoms with Crippen LogP contribution in [0.15, 0.2) is 24.3 Å². The quantitative estimate of drug-likeness (QED) is 0.640. The molecule has 122 valence electrons. The highest BCUT2D eigenvalue weighted by Crippen LogP contribution is 2.48. The van der Waals surface area contributed by atoms with Crippen LogP contribution in [0.1, 0.15) is 66.5 Å². The van der Waals surface area contributed by atoms with E-state index in [9.17, 15) is 8.78 Å². The largest absolute Gasteiger partial charge is 0.205 e. The number of nitrogens with zero attached hydrogens (tertiary/aromatic N) is 1. The fraction of sp³-hybridized carbons (Fsp3) is 0.550. The number of rotatable bonds is 2. The van der Waals surface area contributed by atoms with E-state index in [0.29, 0.717) is 12.3 Å². The summed E-state index contributed by atoms with van der Waals surface area (Å²) in [6.45, 7) is 1.98. The molecule has 0 bridgehead atoms. The lowest BCUT2D eigenvalue weighted by Gasteiger charge is -2.41. The number of halogens is 2. The van der Waals surface area contributed by atoms with Crippen LogP contribution < -0.4 is 0 Å². The van der Waals surface area contributed by atoms with Crippen molar-refractivity contribution in [3.63, 3.8) is 0 Å². The third-order valence-electron chi connectivity index (χ3n) is 5.09. The second kappa shape index (κ2) is 6.83. The van der Waals surface area contributed by atoms with Gasteiger partial charge in [0, 0.05) is 4.11 Å². The molecule has 2 aliphatic carbocycles. The van der Waals surface area contributed by atoms with Crippen LogP contribution in [0.4, 0.5) is 8.78 Å². The molecular weight excluding hydrogens is 292 g/mol. The van der Waals surface area contributed by atoms with Crippen molar-refractivity contribution < 1.29 is 12.9 Å². The van der Waals surface area contributed by atoms with Gasteiger partial charge in [0.1, 0.15) is 23.3 Å². The number of benzene rings is 1. The van der Waals surface area contributed by atoms with E-state index in [1.165, 1.54) is 6.07 Å². The van der Waals surface area contributed by atoms with Crippen LogP contribution in [-0.2, 0) is 0 Å². The third kappa shape index (κ3) is 3.32. The highest BCUT2D eigenvalue weighted by molar-refractivity contribution is 5.36.